The van der Waals surface area contributed by atoms with Crippen LogP contribution in [0.1, 0.15) is 25.8 Å². The molecule has 6 nitrogen and oxygen atoms in total. The molecule has 0 radical (unpaired) electrons. The van der Waals surface area contributed by atoms with Crippen LogP contribution in [0.5, 0.6) is 0 Å². The molecule has 3 rings (SSSR count). The van der Waals surface area contributed by atoms with E-state index in [4.69, 9.17) is 0 Å². The summed E-state index contributed by atoms with van der Waals surface area (Å²) < 4.78 is 0. The van der Waals surface area contributed by atoms with E-state index in [1.54, 1.807) is 0 Å². The average molecular weight is 409 g/mol. The van der Waals surface area contributed by atoms with Gasteiger partial charge in [0.15, 0.2) is 0 Å². The lowest BCUT2D eigenvalue weighted by Gasteiger charge is -2.23. The van der Waals surface area contributed by atoms with E-state index in [0.29, 0.717) is 5.13 Å². The summed E-state index contributed by atoms with van der Waals surface area (Å²) >= 11 is 1.31. The molecule has 0 fully saturated rings. The number of carbonyl (C=O) groups is 2. The molecule has 0 saturated heterocycles. The number of hydrogen-bond acceptors (Lipinski definition) is 5. The van der Waals surface area contributed by atoms with Crippen molar-refractivity contribution >= 4 is 28.3 Å². The molecule has 2 amide bonds. The van der Waals surface area contributed by atoms with Crippen molar-refractivity contribution < 1.29 is 9.59 Å². The highest BCUT2D eigenvalue weighted by molar-refractivity contribution is 7.18. The lowest BCUT2D eigenvalue weighted by atomic mass is 9.98. The SMILES string of the molecule is CC[C@@H](C)[C@@H](NC(=O)Cc1ccccc1)C(=O)Nc1nnc(-c2ccccc2)s1. The summed E-state index contributed by atoms with van der Waals surface area (Å²) in [5.74, 6) is -0.480. The summed E-state index contributed by atoms with van der Waals surface area (Å²) in [5.41, 5.74) is 1.85. The van der Waals surface area contributed by atoms with E-state index in [0.717, 1.165) is 22.6 Å². The Morgan fingerprint density at radius 1 is 1.00 bits per heavy atom. The summed E-state index contributed by atoms with van der Waals surface area (Å²) in [7, 11) is 0. The fourth-order valence-electron chi connectivity index (χ4n) is 2.86. The smallest absolute Gasteiger partial charge is 0.249 e. The molecular formula is C22H24N4O2S. The van der Waals surface area contributed by atoms with Crippen molar-refractivity contribution in [2.45, 2.75) is 32.7 Å². The van der Waals surface area contributed by atoms with Crippen LogP contribution in [0.4, 0.5) is 5.13 Å². The Morgan fingerprint density at radius 3 is 2.31 bits per heavy atom. The van der Waals surface area contributed by atoms with E-state index in [2.05, 4.69) is 20.8 Å². The van der Waals surface area contributed by atoms with Gasteiger partial charge in [-0.25, -0.2) is 0 Å². The predicted molar refractivity (Wildman–Crippen MR) is 116 cm³/mol. The van der Waals surface area contributed by atoms with Crippen molar-refractivity contribution in [1.82, 2.24) is 15.5 Å². The molecule has 3 aromatic rings. The number of nitrogens with zero attached hydrogens (tertiary/aromatic N) is 2. The van der Waals surface area contributed by atoms with Gasteiger partial charge in [0.2, 0.25) is 16.9 Å². The first-order chi connectivity index (χ1) is 14.1. The minimum atomic E-state index is -0.639. The van der Waals surface area contributed by atoms with Crippen molar-refractivity contribution in [3.8, 4) is 10.6 Å². The van der Waals surface area contributed by atoms with Crippen molar-refractivity contribution in [2.75, 3.05) is 5.32 Å². The summed E-state index contributed by atoms with van der Waals surface area (Å²) in [4.78, 5) is 25.3. The van der Waals surface area contributed by atoms with E-state index < -0.39 is 6.04 Å². The Bertz CT molecular complexity index is 944. The highest BCUT2D eigenvalue weighted by atomic mass is 32.1. The topological polar surface area (TPSA) is 84.0 Å². The molecule has 0 aliphatic carbocycles. The number of hydrogen-bond donors (Lipinski definition) is 2. The van der Waals surface area contributed by atoms with E-state index in [1.807, 2.05) is 74.5 Å². The molecule has 1 heterocycles. The third-order valence-electron chi connectivity index (χ3n) is 4.70. The number of nitrogens with one attached hydrogen (secondary N) is 2. The minimum absolute atomic E-state index is 0.0174. The molecule has 1 aromatic heterocycles. The Morgan fingerprint density at radius 2 is 1.66 bits per heavy atom. The van der Waals surface area contributed by atoms with Gasteiger partial charge in [-0.2, -0.15) is 0 Å². The van der Waals surface area contributed by atoms with E-state index in [1.165, 1.54) is 11.3 Å². The van der Waals surface area contributed by atoms with Gasteiger partial charge in [0.05, 0.1) is 6.42 Å². The highest BCUT2D eigenvalue weighted by Crippen LogP contribution is 2.26. The molecule has 0 aliphatic rings. The first kappa shape index (κ1) is 20.7. The molecule has 29 heavy (non-hydrogen) atoms. The van der Waals surface area contributed by atoms with Gasteiger partial charge in [-0.3, -0.25) is 14.9 Å². The first-order valence-electron chi connectivity index (χ1n) is 9.60. The zero-order valence-corrected chi connectivity index (χ0v) is 17.3. The summed E-state index contributed by atoms with van der Waals surface area (Å²) in [6.45, 7) is 3.94. The average Bonchev–Trinajstić information content (AvgIpc) is 3.21. The van der Waals surface area contributed by atoms with Crippen molar-refractivity contribution in [3.63, 3.8) is 0 Å². The van der Waals surface area contributed by atoms with Crippen LogP contribution in [0.15, 0.2) is 60.7 Å². The van der Waals surface area contributed by atoms with Crippen molar-refractivity contribution in [1.29, 1.82) is 0 Å². The summed E-state index contributed by atoms with van der Waals surface area (Å²) in [5, 5.41) is 15.1. The first-order valence-corrected chi connectivity index (χ1v) is 10.4. The highest BCUT2D eigenvalue weighted by Gasteiger charge is 2.27. The molecule has 0 bridgehead atoms. The van der Waals surface area contributed by atoms with Gasteiger partial charge in [0, 0.05) is 5.56 Å². The molecule has 2 aromatic carbocycles. The van der Waals surface area contributed by atoms with Crippen molar-refractivity contribution in [2.24, 2.45) is 5.92 Å². The third-order valence-corrected chi connectivity index (χ3v) is 5.58. The van der Waals surface area contributed by atoms with E-state index in [-0.39, 0.29) is 24.2 Å². The third kappa shape index (κ3) is 5.71. The molecule has 0 saturated carbocycles. The van der Waals surface area contributed by atoms with Gasteiger partial charge >= 0.3 is 0 Å². The van der Waals surface area contributed by atoms with Crippen LogP contribution in [-0.2, 0) is 16.0 Å². The second kappa shape index (κ2) is 9.93. The van der Waals surface area contributed by atoms with Crippen LogP contribution >= 0.6 is 11.3 Å². The fraction of sp³-hybridized carbons (Fsp3) is 0.273. The molecule has 7 heteroatoms. The van der Waals surface area contributed by atoms with Crippen LogP contribution in [0.2, 0.25) is 0 Å². The Kier molecular flexibility index (Phi) is 7.08. The van der Waals surface area contributed by atoms with Crippen LogP contribution in [0, 0.1) is 5.92 Å². The second-order valence-electron chi connectivity index (χ2n) is 6.86. The lowest BCUT2D eigenvalue weighted by molar-refractivity contribution is -0.127. The van der Waals surface area contributed by atoms with Gasteiger partial charge < -0.3 is 5.32 Å². The maximum absolute atomic E-state index is 12.9. The number of amides is 2. The van der Waals surface area contributed by atoms with Gasteiger partial charge in [0.25, 0.3) is 0 Å². The Hall–Kier alpha value is -3.06. The number of aromatic nitrogens is 2. The van der Waals surface area contributed by atoms with Crippen LogP contribution in [0.25, 0.3) is 10.6 Å². The normalized spacial score (nSPS) is 12.8. The minimum Gasteiger partial charge on any atom is -0.344 e. The summed E-state index contributed by atoms with van der Waals surface area (Å²) in [6, 6.07) is 18.5. The van der Waals surface area contributed by atoms with Crippen LogP contribution in [0.3, 0.4) is 0 Å². The lowest BCUT2D eigenvalue weighted by Crippen LogP contribution is -2.48. The zero-order chi connectivity index (χ0) is 20.6. The Balaban J connectivity index is 1.66. The zero-order valence-electron chi connectivity index (χ0n) is 16.5. The molecule has 0 aliphatic heterocycles. The Labute approximate surface area is 174 Å². The molecule has 2 atom stereocenters. The monoisotopic (exact) mass is 408 g/mol. The molecule has 0 spiro atoms. The molecular weight excluding hydrogens is 384 g/mol. The van der Waals surface area contributed by atoms with Crippen LogP contribution in [-0.4, -0.2) is 28.1 Å². The van der Waals surface area contributed by atoms with Gasteiger partial charge in [0.1, 0.15) is 11.0 Å². The maximum atomic E-state index is 12.9. The van der Waals surface area contributed by atoms with E-state index in [9.17, 15) is 9.59 Å². The largest absolute Gasteiger partial charge is 0.344 e. The van der Waals surface area contributed by atoms with Gasteiger partial charge in [-0.1, -0.05) is 92.3 Å². The fourth-order valence-corrected chi connectivity index (χ4v) is 3.61. The number of anilines is 1. The van der Waals surface area contributed by atoms with Crippen molar-refractivity contribution in [3.05, 3.63) is 66.2 Å². The maximum Gasteiger partial charge on any atom is 0.249 e. The standard InChI is InChI=1S/C22H24N4O2S/c1-3-15(2)19(23-18(27)14-16-10-6-4-7-11-16)20(28)24-22-26-25-21(29-22)17-12-8-5-9-13-17/h4-13,15,19H,3,14H2,1-2H3,(H,23,27)(H,24,26,28)/t15-,19-/m1/s1. The number of benzene rings is 2. The van der Waals surface area contributed by atoms with Crippen LogP contribution < -0.4 is 10.6 Å². The van der Waals surface area contributed by atoms with Gasteiger partial charge in [-0.15, -0.1) is 10.2 Å². The van der Waals surface area contributed by atoms with Gasteiger partial charge in [-0.05, 0) is 11.5 Å². The number of rotatable bonds is 8. The molecule has 150 valence electrons. The quantitative estimate of drug-likeness (QED) is 0.592. The summed E-state index contributed by atoms with van der Waals surface area (Å²) in [6.07, 6.45) is 0.993. The molecule has 0 unspecified atom stereocenters. The predicted octanol–water partition coefficient (Wildman–Crippen LogP) is 3.92. The number of carbonyl (C=O) groups excluding carboxylic acids is 2. The molecule has 2 N–H and O–H groups in total. The van der Waals surface area contributed by atoms with E-state index >= 15 is 0 Å². The second-order valence-corrected chi connectivity index (χ2v) is 7.84.